The third-order valence-electron chi connectivity index (χ3n) is 1.74. The highest BCUT2D eigenvalue weighted by Gasteiger charge is 1.91. The maximum atomic E-state index is 3.55. The first-order valence-corrected chi connectivity index (χ1v) is 3.80. The molecule has 56 valence electrons. The fourth-order valence-corrected chi connectivity index (χ4v) is 0.877. The summed E-state index contributed by atoms with van der Waals surface area (Å²) in [7, 11) is 0. The van der Waals surface area contributed by atoms with E-state index in [1.54, 1.807) is 0 Å². The van der Waals surface area contributed by atoms with Gasteiger partial charge in [-0.1, -0.05) is 26.0 Å². The quantitative estimate of drug-likeness (QED) is 0.411. The lowest BCUT2D eigenvalue weighted by atomic mass is 10.1. The van der Waals surface area contributed by atoms with Crippen molar-refractivity contribution in [1.82, 2.24) is 0 Å². The van der Waals surface area contributed by atoms with Crippen molar-refractivity contribution in [1.29, 1.82) is 0 Å². The van der Waals surface area contributed by atoms with Crippen molar-refractivity contribution in [3.8, 4) is 0 Å². The summed E-state index contributed by atoms with van der Waals surface area (Å²) < 4.78 is 0. The molecule has 0 aliphatic carbocycles. The normalized spacial score (nSPS) is 11.9. The van der Waals surface area contributed by atoms with Gasteiger partial charge in [0.2, 0.25) is 0 Å². The van der Waals surface area contributed by atoms with E-state index < -0.39 is 0 Å². The summed E-state index contributed by atoms with van der Waals surface area (Å²) in [6, 6.07) is 0. The smallest absolute Gasteiger partial charge is 0.0175 e. The number of hydrogen-bond donors (Lipinski definition) is 0. The Bertz CT molecular complexity index is 166. The summed E-state index contributed by atoms with van der Waals surface area (Å²) in [5.41, 5.74) is 5.62. The molecule has 0 aromatic rings. The summed E-state index contributed by atoms with van der Waals surface area (Å²) in [6.45, 7) is 10.0. The van der Waals surface area contributed by atoms with E-state index >= 15 is 0 Å². The van der Waals surface area contributed by atoms with Gasteiger partial charge in [-0.25, -0.2) is 0 Å². The molecule has 0 nitrogen and oxygen atoms in total. The Morgan fingerprint density at radius 1 is 1.40 bits per heavy atom. The summed E-state index contributed by atoms with van der Waals surface area (Å²) >= 11 is 0. The highest BCUT2D eigenvalue weighted by molar-refractivity contribution is 5.23. The van der Waals surface area contributed by atoms with Gasteiger partial charge in [0.15, 0.2) is 0 Å². The Morgan fingerprint density at radius 2 is 2.00 bits per heavy atom. The number of rotatable bonds is 3. The highest BCUT2D eigenvalue weighted by atomic mass is 14.0. The second-order valence-electron chi connectivity index (χ2n) is 2.36. The topological polar surface area (TPSA) is 0 Å². The average molecular weight is 136 g/mol. The minimum absolute atomic E-state index is 1.09. The standard InChI is InChI=1S/C10H16/c1-5-8-10(7-3)9(4)6-2/h8H,1,6-7H2,2-4H3. The maximum Gasteiger partial charge on any atom is -0.0175 e. The second kappa shape index (κ2) is 5.08. The summed E-state index contributed by atoms with van der Waals surface area (Å²) in [6.07, 6.45) is 4.18. The zero-order valence-corrected chi connectivity index (χ0v) is 7.20. The molecule has 0 aliphatic rings. The van der Waals surface area contributed by atoms with E-state index in [1.807, 2.05) is 6.08 Å². The molecule has 0 aliphatic heterocycles. The van der Waals surface area contributed by atoms with Crippen LogP contribution < -0.4 is 0 Å². The van der Waals surface area contributed by atoms with Crippen molar-refractivity contribution >= 4 is 0 Å². The maximum absolute atomic E-state index is 3.55. The largest absolute Gasteiger partial charge is 0.128 e. The fraction of sp³-hybridized carbons (Fsp3) is 0.500. The van der Waals surface area contributed by atoms with E-state index in [2.05, 4.69) is 33.1 Å². The molecule has 0 spiro atoms. The third-order valence-corrected chi connectivity index (χ3v) is 1.74. The first-order valence-electron chi connectivity index (χ1n) is 3.80. The zero-order valence-electron chi connectivity index (χ0n) is 7.20. The van der Waals surface area contributed by atoms with E-state index in [-0.39, 0.29) is 0 Å². The average Bonchev–Trinajstić information content (AvgIpc) is 1.99. The Kier molecular flexibility index (Phi) is 4.70. The van der Waals surface area contributed by atoms with Crippen LogP contribution >= 0.6 is 0 Å². The molecule has 0 heterocycles. The minimum Gasteiger partial charge on any atom is -0.128 e. The summed E-state index contributed by atoms with van der Waals surface area (Å²) in [5.74, 6) is 0. The lowest BCUT2D eigenvalue weighted by molar-refractivity contribution is 1.02. The van der Waals surface area contributed by atoms with Crippen LogP contribution in [0.5, 0.6) is 0 Å². The van der Waals surface area contributed by atoms with Crippen LogP contribution in [0.3, 0.4) is 0 Å². The lowest BCUT2D eigenvalue weighted by Crippen LogP contribution is -1.80. The molecule has 0 unspecified atom stereocenters. The van der Waals surface area contributed by atoms with E-state index in [4.69, 9.17) is 0 Å². The van der Waals surface area contributed by atoms with Crippen LogP contribution in [0, 0.1) is 0 Å². The zero-order chi connectivity index (χ0) is 7.98. The van der Waals surface area contributed by atoms with Gasteiger partial charge in [0.1, 0.15) is 0 Å². The Morgan fingerprint density at radius 3 is 2.30 bits per heavy atom. The molecule has 0 aromatic heterocycles. The van der Waals surface area contributed by atoms with Crippen LogP contribution in [0.4, 0.5) is 0 Å². The van der Waals surface area contributed by atoms with Gasteiger partial charge >= 0.3 is 0 Å². The molecule has 0 saturated carbocycles. The van der Waals surface area contributed by atoms with Crippen LogP contribution in [0.1, 0.15) is 33.6 Å². The summed E-state index contributed by atoms with van der Waals surface area (Å²) in [4.78, 5) is 0. The lowest BCUT2D eigenvalue weighted by Gasteiger charge is -2.00. The monoisotopic (exact) mass is 136 g/mol. The van der Waals surface area contributed by atoms with Gasteiger partial charge in [0.05, 0.1) is 0 Å². The van der Waals surface area contributed by atoms with Crippen molar-refractivity contribution in [3.63, 3.8) is 0 Å². The number of hydrogen-bond acceptors (Lipinski definition) is 0. The van der Waals surface area contributed by atoms with Crippen molar-refractivity contribution in [2.75, 3.05) is 0 Å². The minimum atomic E-state index is 1.09. The molecule has 0 heteroatoms. The molecule has 0 aromatic carbocycles. The molecular weight excluding hydrogens is 120 g/mol. The molecule has 0 N–H and O–H groups in total. The van der Waals surface area contributed by atoms with Crippen LogP contribution in [-0.4, -0.2) is 0 Å². The predicted octanol–water partition coefficient (Wildman–Crippen LogP) is 3.46. The third kappa shape index (κ3) is 2.70. The fourth-order valence-electron chi connectivity index (χ4n) is 0.877. The Balaban J connectivity index is 4.44. The van der Waals surface area contributed by atoms with E-state index in [1.165, 1.54) is 11.1 Å². The van der Waals surface area contributed by atoms with E-state index in [0.717, 1.165) is 12.8 Å². The van der Waals surface area contributed by atoms with Gasteiger partial charge in [-0.2, -0.15) is 0 Å². The van der Waals surface area contributed by atoms with Crippen molar-refractivity contribution in [3.05, 3.63) is 29.5 Å². The second-order valence-corrected chi connectivity index (χ2v) is 2.36. The van der Waals surface area contributed by atoms with Gasteiger partial charge < -0.3 is 0 Å². The van der Waals surface area contributed by atoms with Gasteiger partial charge in [-0.3, -0.25) is 0 Å². The van der Waals surface area contributed by atoms with Gasteiger partial charge in [-0.05, 0) is 31.4 Å². The van der Waals surface area contributed by atoms with Gasteiger partial charge in [0, 0.05) is 0 Å². The number of allylic oxidation sites excluding steroid dienone is 3. The van der Waals surface area contributed by atoms with E-state index in [0.29, 0.717) is 0 Å². The highest BCUT2D eigenvalue weighted by Crippen LogP contribution is 2.11. The summed E-state index contributed by atoms with van der Waals surface area (Å²) in [5, 5.41) is 0. The molecule has 10 heavy (non-hydrogen) atoms. The van der Waals surface area contributed by atoms with Crippen LogP contribution in [-0.2, 0) is 0 Å². The molecule has 0 radical (unpaired) electrons. The molecule has 0 fully saturated rings. The van der Waals surface area contributed by atoms with Crippen molar-refractivity contribution in [2.45, 2.75) is 33.6 Å². The van der Waals surface area contributed by atoms with Crippen molar-refractivity contribution in [2.24, 2.45) is 0 Å². The van der Waals surface area contributed by atoms with Crippen LogP contribution in [0.2, 0.25) is 0 Å². The van der Waals surface area contributed by atoms with E-state index in [9.17, 15) is 0 Å². The predicted molar refractivity (Wildman–Crippen MR) is 47.0 cm³/mol. The van der Waals surface area contributed by atoms with Gasteiger partial charge in [-0.15, -0.1) is 5.73 Å². The van der Waals surface area contributed by atoms with Crippen molar-refractivity contribution < 1.29 is 0 Å². The molecular formula is C10H16. The molecule has 0 rings (SSSR count). The molecule has 0 bridgehead atoms. The molecule has 0 atom stereocenters. The Labute approximate surface area is 64.0 Å². The molecule has 0 saturated heterocycles. The Hall–Kier alpha value is -0.740. The van der Waals surface area contributed by atoms with Crippen LogP contribution in [0.25, 0.3) is 0 Å². The SMILES string of the molecule is C=C=CC(CC)=C(C)CC. The van der Waals surface area contributed by atoms with Gasteiger partial charge in [0.25, 0.3) is 0 Å². The van der Waals surface area contributed by atoms with Crippen LogP contribution in [0.15, 0.2) is 29.5 Å². The molecule has 0 amide bonds. The first-order chi connectivity index (χ1) is 4.76. The first kappa shape index (κ1) is 9.26.